The van der Waals surface area contributed by atoms with Crippen molar-refractivity contribution in [3.63, 3.8) is 0 Å². The highest BCUT2D eigenvalue weighted by molar-refractivity contribution is 9.09. The highest BCUT2D eigenvalue weighted by Gasteiger charge is 2.29. The average Bonchev–Trinajstić information content (AvgIpc) is 2.79. The maximum atomic E-state index is 4.40. The molecule has 1 aromatic heterocycles. The first kappa shape index (κ1) is 13.1. The van der Waals surface area contributed by atoms with Gasteiger partial charge in [0.05, 0.1) is 0 Å². The third-order valence-electron chi connectivity index (χ3n) is 4.02. The Bertz CT molecular complexity index is 350. The minimum Gasteiger partial charge on any atom is -0.250 e. The van der Waals surface area contributed by atoms with E-state index in [1.54, 1.807) is 6.33 Å². The zero-order chi connectivity index (χ0) is 12.3. The minimum atomic E-state index is 0.660. The van der Waals surface area contributed by atoms with Crippen LogP contribution in [0.15, 0.2) is 6.33 Å². The smallest absolute Gasteiger partial charge is 0.138 e. The Morgan fingerprint density at radius 3 is 2.94 bits per heavy atom. The maximum Gasteiger partial charge on any atom is 0.138 e. The molecule has 0 spiro atoms. The van der Waals surface area contributed by atoms with Crippen molar-refractivity contribution < 1.29 is 0 Å². The highest BCUT2D eigenvalue weighted by Crippen LogP contribution is 2.36. The molecule has 0 aliphatic heterocycles. The van der Waals surface area contributed by atoms with E-state index in [-0.39, 0.29) is 0 Å². The Kier molecular flexibility index (Phi) is 4.60. The van der Waals surface area contributed by atoms with Crippen LogP contribution in [-0.4, -0.2) is 19.6 Å². The second-order valence-corrected chi connectivity index (χ2v) is 6.24. The van der Waals surface area contributed by atoms with Crippen molar-refractivity contribution in [3.8, 4) is 0 Å². The first-order chi connectivity index (χ1) is 8.24. The predicted molar refractivity (Wildman–Crippen MR) is 73.2 cm³/mol. The van der Waals surface area contributed by atoms with E-state index in [0.717, 1.165) is 30.6 Å². The minimum absolute atomic E-state index is 0.660. The van der Waals surface area contributed by atoms with Crippen molar-refractivity contribution in [2.45, 2.75) is 57.3 Å². The average molecular weight is 300 g/mol. The van der Waals surface area contributed by atoms with Gasteiger partial charge in [-0.3, -0.25) is 4.68 Å². The van der Waals surface area contributed by atoms with Crippen molar-refractivity contribution in [3.05, 3.63) is 12.2 Å². The molecule has 1 fully saturated rings. The number of hydrogen-bond acceptors (Lipinski definition) is 2. The molecule has 1 heterocycles. The number of aromatic nitrogens is 3. The molecule has 0 amide bonds. The largest absolute Gasteiger partial charge is 0.250 e. The molecule has 4 heteroatoms. The zero-order valence-electron chi connectivity index (χ0n) is 10.8. The summed E-state index contributed by atoms with van der Waals surface area (Å²) in [5.41, 5.74) is 0. The van der Waals surface area contributed by atoms with Crippen LogP contribution in [-0.2, 0) is 13.0 Å². The van der Waals surface area contributed by atoms with E-state index in [9.17, 15) is 0 Å². The number of halogens is 1. The third-order valence-corrected chi connectivity index (χ3v) is 5.22. The molecule has 0 N–H and O–H groups in total. The van der Waals surface area contributed by atoms with Crippen LogP contribution < -0.4 is 0 Å². The summed E-state index contributed by atoms with van der Waals surface area (Å²) in [6.07, 6.45) is 8.09. The van der Waals surface area contributed by atoms with Crippen LogP contribution in [0.4, 0.5) is 0 Å². The molecule has 2 rings (SSSR count). The van der Waals surface area contributed by atoms with Gasteiger partial charge in [-0.2, -0.15) is 5.10 Å². The van der Waals surface area contributed by atoms with Gasteiger partial charge in [0.25, 0.3) is 0 Å². The third kappa shape index (κ3) is 3.09. The van der Waals surface area contributed by atoms with Crippen molar-refractivity contribution >= 4 is 15.9 Å². The second-order valence-electron chi connectivity index (χ2n) is 5.06. The van der Waals surface area contributed by atoms with E-state index in [0.29, 0.717) is 4.83 Å². The summed E-state index contributed by atoms with van der Waals surface area (Å²) >= 11 is 3.85. The molecule has 1 aromatic rings. The molecule has 0 aromatic carbocycles. The Hall–Kier alpha value is -0.380. The van der Waals surface area contributed by atoms with Crippen LogP contribution >= 0.6 is 15.9 Å². The molecule has 0 saturated heterocycles. The van der Waals surface area contributed by atoms with Crippen LogP contribution in [0.3, 0.4) is 0 Å². The van der Waals surface area contributed by atoms with Crippen molar-refractivity contribution in [2.24, 2.45) is 11.8 Å². The lowest BCUT2D eigenvalue weighted by atomic mass is 9.78. The Balaban J connectivity index is 2.01. The summed E-state index contributed by atoms with van der Waals surface area (Å²) in [6, 6.07) is 0. The van der Waals surface area contributed by atoms with E-state index >= 15 is 0 Å². The summed E-state index contributed by atoms with van der Waals surface area (Å²) in [7, 11) is 0. The van der Waals surface area contributed by atoms with Crippen LogP contribution in [0.1, 0.15) is 45.4 Å². The van der Waals surface area contributed by atoms with E-state index in [4.69, 9.17) is 0 Å². The lowest BCUT2D eigenvalue weighted by molar-refractivity contribution is 0.266. The van der Waals surface area contributed by atoms with Gasteiger partial charge in [-0.1, -0.05) is 29.3 Å². The molecule has 0 radical (unpaired) electrons. The van der Waals surface area contributed by atoms with Gasteiger partial charge in [-0.25, -0.2) is 4.98 Å². The first-order valence-corrected chi connectivity index (χ1v) is 7.66. The van der Waals surface area contributed by atoms with Crippen LogP contribution in [0.25, 0.3) is 0 Å². The molecule has 17 heavy (non-hydrogen) atoms. The number of alkyl halides is 1. The topological polar surface area (TPSA) is 30.7 Å². The molecule has 1 aliphatic carbocycles. The zero-order valence-corrected chi connectivity index (χ0v) is 12.4. The van der Waals surface area contributed by atoms with E-state index in [1.165, 1.54) is 25.7 Å². The fourth-order valence-corrected chi connectivity index (χ4v) is 3.52. The normalized spacial score (nSPS) is 29.5. The molecule has 1 aliphatic rings. The number of nitrogens with zero attached hydrogens (tertiary/aromatic N) is 3. The number of rotatable bonds is 4. The van der Waals surface area contributed by atoms with E-state index < -0.39 is 0 Å². The quantitative estimate of drug-likeness (QED) is 0.798. The SMILES string of the molecule is CCC1CCC(Br)C(Cc2ncnn2CC)C1. The lowest BCUT2D eigenvalue weighted by Crippen LogP contribution is -2.27. The number of hydrogen-bond donors (Lipinski definition) is 0. The van der Waals surface area contributed by atoms with E-state index in [2.05, 4.69) is 39.9 Å². The van der Waals surface area contributed by atoms with Gasteiger partial charge in [-0.05, 0) is 38.0 Å². The second kappa shape index (κ2) is 5.98. The summed E-state index contributed by atoms with van der Waals surface area (Å²) < 4.78 is 2.02. The van der Waals surface area contributed by atoms with Gasteiger partial charge in [0.2, 0.25) is 0 Å². The van der Waals surface area contributed by atoms with Crippen LogP contribution in [0.2, 0.25) is 0 Å². The summed E-state index contributed by atoms with van der Waals surface area (Å²) in [4.78, 5) is 5.06. The Morgan fingerprint density at radius 2 is 2.24 bits per heavy atom. The standard InChI is InChI=1S/C13H22BrN3/c1-3-10-5-6-12(14)11(7-10)8-13-15-9-16-17(13)4-2/h9-12H,3-8H2,1-2H3. The van der Waals surface area contributed by atoms with Gasteiger partial charge in [0, 0.05) is 17.8 Å². The molecule has 96 valence electrons. The molecule has 3 atom stereocenters. The first-order valence-electron chi connectivity index (χ1n) is 6.75. The van der Waals surface area contributed by atoms with Gasteiger partial charge < -0.3 is 0 Å². The van der Waals surface area contributed by atoms with Crippen LogP contribution in [0, 0.1) is 11.8 Å². The highest BCUT2D eigenvalue weighted by atomic mass is 79.9. The van der Waals surface area contributed by atoms with Gasteiger partial charge in [-0.15, -0.1) is 0 Å². The lowest BCUT2D eigenvalue weighted by Gasteiger charge is -2.32. The Labute approximate surface area is 112 Å². The molecule has 3 nitrogen and oxygen atoms in total. The monoisotopic (exact) mass is 299 g/mol. The molecule has 0 bridgehead atoms. The maximum absolute atomic E-state index is 4.40. The van der Waals surface area contributed by atoms with Crippen molar-refractivity contribution in [1.82, 2.24) is 14.8 Å². The molecule has 1 saturated carbocycles. The number of aryl methyl sites for hydroxylation is 1. The van der Waals surface area contributed by atoms with Crippen molar-refractivity contribution in [1.29, 1.82) is 0 Å². The predicted octanol–water partition coefficient (Wildman–Crippen LogP) is 3.43. The molecular formula is C13H22BrN3. The summed E-state index contributed by atoms with van der Waals surface area (Å²) in [5, 5.41) is 4.25. The van der Waals surface area contributed by atoms with Gasteiger partial charge in [0.1, 0.15) is 12.2 Å². The molecular weight excluding hydrogens is 278 g/mol. The fourth-order valence-electron chi connectivity index (χ4n) is 2.85. The molecule has 3 unspecified atom stereocenters. The summed E-state index contributed by atoms with van der Waals surface area (Å²) in [5.74, 6) is 2.79. The Morgan fingerprint density at radius 1 is 1.41 bits per heavy atom. The van der Waals surface area contributed by atoms with Crippen LogP contribution in [0.5, 0.6) is 0 Å². The fraction of sp³-hybridized carbons (Fsp3) is 0.846. The van der Waals surface area contributed by atoms with Crippen molar-refractivity contribution in [2.75, 3.05) is 0 Å². The van der Waals surface area contributed by atoms with Gasteiger partial charge in [0.15, 0.2) is 0 Å². The van der Waals surface area contributed by atoms with E-state index in [1.807, 2.05) is 4.68 Å². The summed E-state index contributed by atoms with van der Waals surface area (Å²) in [6.45, 7) is 5.36. The van der Waals surface area contributed by atoms with Gasteiger partial charge >= 0.3 is 0 Å².